The molecule has 2 aromatic carbocycles. The van der Waals surface area contributed by atoms with E-state index in [0.717, 1.165) is 17.7 Å². The third kappa shape index (κ3) is 4.96. The van der Waals surface area contributed by atoms with Gasteiger partial charge in [0, 0.05) is 0 Å². The van der Waals surface area contributed by atoms with Crippen LogP contribution in [0.4, 0.5) is 13.2 Å². The minimum Gasteiger partial charge on any atom is -0.582 e. The maximum atomic E-state index is 13.1. The van der Waals surface area contributed by atoms with Crippen molar-refractivity contribution in [2.24, 2.45) is 4.40 Å². The van der Waals surface area contributed by atoms with Gasteiger partial charge in [0.05, 0.1) is 4.90 Å². The summed E-state index contributed by atoms with van der Waals surface area (Å²) in [6.07, 6.45) is -9.37. The molecule has 0 aromatic heterocycles. The van der Waals surface area contributed by atoms with Gasteiger partial charge in [-0.25, -0.2) is 0 Å². The average molecular weight is 372 g/mol. The molecular weight excluding hydrogens is 359 g/mol. The molecule has 0 radical (unpaired) electrons. The van der Waals surface area contributed by atoms with Gasteiger partial charge in [-0.2, -0.15) is 21.6 Å². The summed E-state index contributed by atoms with van der Waals surface area (Å²) < 4.78 is 70.3. The van der Waals surface area contributed by atoms with Gasteiger partial charge in [0.1, 0.15) is 6.10 Å². The Hall–Kier alpha value is -2.55. The molecule has 9 heteroatoms. The smallest absolute Gasteiger partial charge is 0.404 e. The van der Waals surface area contributed by atoms with Gasteiger partial charge >= 0.3 is 6.18 Å². The Labute approximate surface area is 142 Å². The van der Waals surface area contributed by atoms with Crippen LogP contribution in [0.2, 0.25) is 0 Å². The summed E-state index contributed by atoms with van der Waals surface area (Å²) in [5.41, 5.74) is 0.425. The molecule has 0 saturated carbocycles. The lowest BCUT2D eigenvalue weighted by molar-refractivity contribution is -0.281. The average Bonchev–Trinajstić information content (AvgIpc) is 2.52. The Bertz CT molecular complexity index is 847. The predicted molar refractivity (Wildman–Crippen MR) is 82.1 cm³/mol. The van der Waals surface area contributed by atoms with E-state index in [2.05, 4.69) is 9.13 Å². The Morgan fingerprint density at radius 2 is 1.64 bits per heavy atom. The van der Waals surface area contributed by atoms with Gasteiger partial charge in [-0.15, -0.1) is 4.40 Å². The SMILES string of the molecule is Cc1ccc(S(=O)(=O)N=C([O-])OC(c2ccccc2)C(F)(F)F)cc1. The van der Waals surface area contributed by atoms with E-state index in [1.807, 2.05) is 0 Å². The van der Waals surface area contributed by atoms with Crippen molar-refractivity contribution in [3.05, 3.63) is 65.7 Å². The van der Waals surface area contributed by atoms with Crippen LogP contribution in [-0.2, 0) is 14.8 Å². The zero-order chi connectivity index (χ0) is 18.7. The first-order chi connectivity index (χ1) is 11.6. The number of nitrogens with zero attached hydrogens (tertiary/aromatic N) is 1. The van der Waals surface area contributed by atoms with E-state index in [1.54, 1.807) is 6.92 Å². The molecule has 0 N–H and O–H groups in total. The summed E-state index contributed by atoms with van der Waals surface area (Å²) in [5, 5.41) is 11.7. The van der Waals surface area contributed by atoms with Crippen molar-refractivity contribution in [2.45, 2.75) is 24.1 Å². The number of rotatable bonds is 4. The van der Waals surface area contributed by atoms with Crippen LogP contribution in [0.5, 0.6) is 0 Å². The molecule has 0 saturated heterocycles. The lowest BCUT2D eigenvalue weighted by Crippen LogP contribution is -2.32. The molecule has 0 fully saturated rings. The predicted octanol–water partition coefficient (Wildman–Crippen LogP) is 2.72. The summed E-state index contributed by atoms with van der Waals surface area (Å²) in [6.45, 7) is 1.72. The van der Waals surface area contributed by atoms with E-state index in [-0.39, 0.29) is 10.5 Å². The molecule has 1 unspecified atom stereocenters. The zero-order valence-electron chi connectivity index (χ0n) is 12.9. The standard InChI is InChI=1S/C16H14F3NO4S/c1-11-7-9-13(10-8-11)25(22,23)20-15(21)24-14(16(17,18)19)12-5-3-2-4-6-12/h2-10,14H,1H3,(H,20,21)/p-1. The first-order valence-electron chi connectivity index (χ1n) is 6.96. The normalized spacial score (nSPS) is 14.2. The van der Waals surface area contributed by atoms with Gasteiger partial charge in [-0.1, -0.05) is 48.0 Å². The van der Waals surface area contributed by atoms with E-state index in [9.17, 15) is 26.7 Å². The number of ether oxygens (including phenoxy) is 1. The van der Waals surface area contributed by atoms with Crippen molar-refractivity contribution in [2.75, 3.05) is 0 Å². The molecule has 2 rings (SSSR count). The number of hydrogen-bond acceptors (Lipinski definition) is 4. The molecule has 25 heavy (non-hydrogen) atoms. The lowest BCUT2D eigenvalue weighted by atomic mass is 10.1. The summed E-state index contributed by atoms with van der Waals surface area (Å²) in [5.74, 6) is 0. The Kier molecular flexibility index (Phi) is 5.36. The van der Waals surface area contributed by atoms with Crippen LogP contribution < -0.4 is 5.11 Å². The first-order valence-corrected chi connectivity index (χ1v) is 8.40. The second-order valence-electron chi connectivity index (χ2n) is 5.10. The fourth-order valence-electron chi connectivity index (χ4n) is 1.94. The molecule has 0 aliphatic heterocycles. The third-order valence-electron chi connectivity index (χ3n) is 3.13. The van der Waals surface area contributed by atoms with Crippen LogP contribution in [0, 0.1) is 6.92 Å². The maximum absolute atomic E-state index is 13.1. The minimum atomic E-state index is -4.92. The number of halogens is 3. The first kappa shape index (κ1) is 18.8. The van der Waals surface area contributed by atoms with E-state index in [4.69, 9.17) is 0 Å². The van der Waals surface area contributed by atoms with Crippen molar-refractivity contribution >= 4 is 16.1 Å². The summed E-state index contributed by atoms with van der Waals surface area (Å²) in [4.78, 5) is -0.321. The van der Waals surface area contributed by atoms with Crippen molar-refractivity contribution < 1.29 is 31.4 Å². The number of sulfonamides is 1. The van der Waals surface area contributed by atoms with Gasteiger partial charge in [0.15, 0.2) is 6.08 Å². The lowest BCUT2D eigenvalue weighted by Gasteiger charge is -2.28. The van der Waals surface area contributed by atoms with Gasteiger partial charge in [0.2, 0.25) is 0 Å². The summed E-state index contributed by atoms with van der Waals surface area (Å²) >= 11 is 0. The van der Waals surface area contributed by atoms with Gasteiger partial charge < -0.3 is 9.84 Å². The molecule has 0 bridgehead atoms. The Balaban J connectivity index is 2.30. The maximum Gasteiger partial charge on any atom is 0.404 e. The van der Waals surface area contributed by atoms with Crippen LogP contribution in [0.1, 0.15) is 17.2 Å². The van der Waals surface area contributed by atoms with E-state index in [1.165, 1.54) is 42.5 Å². The topological polar surface area (TPSA) is 78.8 Å². The Morgan fingerprint density at radius 3 is 2.16 bits per heavy atom. The third-order valence-corrected chi connectivity index (χ3v) is 4.39. The number of alkyl halides is 3. The number of hydrogen-bond donors (Lipinski definition) is 0. The second kappa shape index (κ2) is 7.14. The molecule has 1 atom stereocenters. The van der Waals surface area contributed by atoms with Crippen LogP contribution in [0.15, 0.2) is 63.9 Å². The van der Waals surface area contributed by atoms with E-state index >= 15 is 0 Å². The fourth-order valence-corrected chi connectivity index (χ4v) is 2.76. The molecule has 134 valence electrons. The molecule has 0 spiro atoms. The summed E-state index contributed by atoms with van der Waals surface area (Å²) in [6, 6.07) is 11.7. The van der Waals surface area contributed by atoms with Crippen molar-refractivity contribution in [3.63, 3.8) is 0 Å². The van der Waals surface area contributed by atoms with Crippen LogP contribution in [-0.4, -0.2) is 20.7 Å². The largest absolute Gasteiger partial charge is 0.582 e. The molecule has 2 aromatic rings. The van der Waals surface area contributed by atoms with Crippen LogP contribution in [0.3, 0.4) is 0 Å². The highest BCUT2D eigenvalue weighted by Gasteiger charge is 2.39. The quantitative estimate of drug-likeness (QED) is 0.611. The zero-order valence-corrected chi connectivity index (χ0v) is 13.7. The number of aryl methyl sites for hydroxylation is 1. The molecule has 0 heterocycles. The van der Waals surface area contributed by atoms with E-state index in [0.29, 0.717) is 0 Å². The van der Waals surface area contributed by atoms with Gasteiger partial charge in [-0.05, 0) is 24.6 Å². The van der Waals surface area contributed by atoms with Crippen molar-refractivity contribution in [1.29, 1.82) is 0 Å². The summed E-state index contributed by atoms with van der Waals surface area (Å²) in [7, 11) is -4.47. The molecule has 0 aliphatic rings. The molecule has 5 nitrogen and oxygen atoms in total. The van der Waals surface area contributed by atoms with Gasteiger partial charge in [-0.3, -0.25) is 0 Å². The van der Waals surface area contributed by atoms with Gasteiger partial charge in [0.25, 0.3) is 10.0 Å². The molecule has 0 aliphatic carbocycles. The highest BCUT2D eigenvalue weighted by Crippen LogP contribution is 2.35. The highest BCUT2D eigenvalue weighted by atomic mass is 32.2. The van der Waals surface area contributed by atoms with Crippen molar-refractivity contribution in [1.82, 2.24) is 0 Å². The highest BCUT2D eigenvalue weighted by molar-refractivity contribution is 7.90. The monoisotopic (exact) mass is 372 g/mol. The molecular formula is C16H13F3NO4S-. The minimum absolute atomic E-state index is 0.321. The van der Waals surface area contributed by atoms with E-state index < -0.39 is 28.4 Å². The fraction of sp³-hybridized carbons (Fsp3) is 0.188. The van der Waals surface area contributed by atoms with Crippen LogP contribution >= 0.6 is 0 Å². The second-order valence-corrected chi connectivity index (χ2v) is 6.70. The Morgan fingerprint density at radius 1 is 1.08 bits per heavy atom. The molecule has 0 amide bonds. The van der Waals surface area contributed by atoms with Crippen LogP contribution in [0.25, 0.3) is 0 Å². The van der Waals surface area contributed by atoms with Crippen molar-refractivity contribution in [3.8, 4) is 0 Å². The number of benzene rings is 2.